The van der Waals surface area contributed by atoms with Crippen molar-refractivity contribution >= 4 is 36.6 Å². The first-order chi connectivity index (χ1) is 27.9. The number of ether oxygens (including phenoxy) is 4. The van der Waals surface area contributed by atoms with Crippen LogP contribution in [0.4, 0.5) is 22.8 Å². The lowest BCUT2D eigenvalue weighted by Gasteiger charge is -2.39. The van der Waals surface area contributed by atoms with Gasteiger partial charge in [-0.3, -0.25) is 4.84 Å². The fourth-order valence-electron chi connectivity index (χ4n) is 5.30. The van der Waals surface area contributed by atoms with Crippen molar-refractivity contribution in [3.63, 3.8) is 0 Å². The highest BCUT2D eigenvalue weighted by molar-refractivity contribution is 7.86. The molecule has 1 fully saturated rings. The number of nitrogens with zero attached hydrogens (tertiary/aromatic N) is 3. The summed E-state index contributed by atoms with van der Waals surface area (Å²) in [5.41, 5.74) is -5.64. The van der Waals surface area contributed by atoms with Crippen LogP contribution in [0.25, 0.3) is 11.1 Å². The summed E-state index contributed by atoms with van der Waals surface area (Å²) < 4.78 is 92.4. The summed E-state index contributed by atoms with van der Waals surface area (Å²) in [6.45, 7) is 29.7. The third-order valence-corrected chi connectivity index (χ3v) is 14.3. The van der Waals surface area contributed by atoms with Gasteiger partial charge in [0.1, 0.15) is 35.3 Å². The van der Waals surface area contributed by atoms with Crippen molar-refractivity contribution in [1.82, 2.24) is 14.9 Å². The molecule has 1 aromatic heterocycles. The van der Waals surface area contributed by atoms with E-state index in [1.807, 2.05) is 65.8 Å². The number of halogens is 3. The number of carbonyl (C=O) groups is 3. The zero-order valence-electron chi connectivity index (χ0n) is 38.3. The van der Waals surface area contributed by atoms with Crippen LogP contribution in [0.1, 0.15) is 83.1 Å². The third-order valence-electron chi connectivity index (χ3n) is 9.20. The number of hydrogen-bond donors (Lipinski definition) is 2. The number of carbonyl (C=O) groups excluding carboxylic acids is 3. The van der Waals surface area contributed by atoms with Gasteiger partial charge in [-0.2, -0.15) is 17.9 Å². The van der Waals surface area contributed by atoms with Crippen LogP contribution in [0.5, 0.6) is 5.75 Å². The number of hydrogen-bond acceptors (Lipinski definition) is 13. The number of alkyl carbamates (subject to hydrolysis) is 1. The van der Waals surface area contributed by atoms with Gasteiger partial charge in [0.15, 0.2) is 25.0 Å². The molecule has 17 nitrogen and oxygen atoms in total. The van der Waals surface area contributed by atoms with E-state index < -0.39 is 58.9 Å². The van der Waals surface area contributed by atoms with Gasteiger partial charge in [0.2, 0.25) is 12.3 Å². The highest BCUT2D eigenvalue weighted by atomic mass is 32.2. The normalized spacial score (nSPS) is 15.4. The first-order valence-electron chi connectivity index (χ1n) is 20.0. The zero-order valence-corrected chi connectivity index (χ0v) is 40.1. The van der Waals surface area contributed by atoms with Crippen molar-refractivity contribution in [3.8, 4) is 16.9 Å². The maximum absolute atomic E-state index is 12.7. The number of benzene rings is 1. The molecule has 1 aliphatic heterocycles. The molecule has 0 saturated carbocycles. The van der Waals surface area contributed by atoms with E-state index >= 15 is 0 Å². The van der Waals surface area contributed by atoms with E-state index in [0.29, 0.717) is 31.9 Å². The van der Waals surface area contributed by atoms with Gasteiger partial charge >= 0.3 is 23.7 Å². The Morgan fingerprint density at radius 1 is 0.887 bits per heavy atom. The molecular weight excluding hydrogens is 860 g/mol. The van der Waals surface area contributed by atoms with Crippen molar-refractivity contribution in [2.24, 2.45) is 11.8 Å². The van der Waals surface area contributed by atoms with Crippen molar-refractivity contribution < 1.29 is 73.4 Å². The topological polar surface area (TPSA) is 214 Å². The molecular formula is C40H66F3N5O12SSi. The molecule has 1 aromatic carbocycles. The minimum Gasteiger partial charge on any atom is -0.741 e. The molecule has 2 heterocycles. The molecule has 3 N–H and O–H groups in total. The SMILES string of the molecule is CC(C)(C)OC(=O)NCC(C[n+]1cc(-c2ccc(OCC(ON)C(=O)OC(C)(C)C)cc2)cn1CC1CN(C(=O)OC(C)(C)C)C1)O[Si](C)(C)C(C)(C)C.O=S(=O)([O-])C(F)(F)F. The summed E-state index contributed by atoms with van der Waals surface area (Å²) in [7, 11) is -8.35. The average Bonchev–Trinajstić information content (AvgIpc) is 3.43. The zero-order chi connectivity index (χ0) is 47.9. The van der Waals surface area contributed by atoms with Crippen molar-refractivity contribution in [1.29, 1.82) is 0 Å². The average molecular weight is 926 g/mol. The molecule has 2 amide bonds. The Balaban J connectivity index is 0.00000150. The van der Waals surface area contributed by atoms with Gasteiger partial charge in [0, 0.05) is 19.0 Å². The van der Waals surface area contributed by atoms with Crippen LogP contribution in [-0.4, -0.2) is 110 Å². The van der Waals surface area contributed by atoms with E-state index in [1.54, 1.807) is 25.7 Å². The minimum atomic E-state index is -6.09. The maximum Gasteiger partial charge on any atom is 0.485 e. The van der Waals surface area contributed by atoms with Gasteiger partial charge in [-0.1, -0.05) is 32.9 Å². The number of amides is 2. The van der Waals surface area contributed by atoms with Gasteiger partial charge in [-0.15, -0.1) is 4.68 Å². The van der Waals surface area contributed by atoms with Crippen LogP contribution >= 0.6 is 0 Å². The lowest BCUT2D eigenvalue weighted by molar-refractivity contribution is -0.780. The summed E-state index contributed by atoms with van der Waals surface area (Å²) in [4.78, 5) is 44.4. The predicted octanol–water partition coefficient (Wildman–Crippen LogP) is 6.26. The highest BCUT2D eigenvalue weighted by Crippen LogP contribution is 2.37. The summed E-state index contributed by atoms with van der Waals surface area (Å²) in [5.74, 6) is 5.51. The quantitative estimate of drug-likeness (QED) is 0.0408. The van der Waals surface area contributed by atoms with E-state index in [4.69, 9.17) is 47.1 Å². The fraction of sp³-hybridized carbons (Fsp3) is 0.700. The molecule has 0 bridgehead atoms. The minimum absolute atomic E-state index is 0.0565. The van der Waals surface area contributed by atoms with Gasteiger partial charge in [0.05, 0.1) is 24.8 Å². The van der Waals surface area contributed by atoms with Crippen molar-refractivity contribution in [2.75, 3.05) is 26.2 Å². The Hall–Kier alpha value is -3.96. The third kappa shape index (κ3) is 18.4. The number of rotatable bonds is 14. The van der Waals surface area contributed by atoms with Crippen LogP contribution in [0.2, 0.25) is 18.1 Å². The Morgan fingerprint density at radius 3 is 1.85 bits per heavy atom. The predicted molar refractivity (Wildman–Crippen MR) is 224 cm³/mol. The number of aromatic nitrogens is 2. The molecule has 0 radical (unpaired) electrons. The summed E-state index contributed by atoms with van der Waals surface area (Å²) in [6.07, 6.45) is 1.90. The molecule has 62 heavy (non-hydrogen) atoms. The lowest BCUT2D eigenvalue weighted by atomic mass is 10.0. The number of nitrogens with two attached hydrogens (primary N) is 1. The standard InChI is InChI=1S/C39H65N5O9Si.CHF3O3S/c1-36(2,3)49-33(45)32(52-40)26-48-30-17-15-28(16-18-30)29-23-43(22-27-20-42(21-27)35(47)51-38(7,8)9)44(24-29)25-31(53-54(13,14)39(10,11)12)19-41-34(46)50-37(4,5)6;2-1(3,4)8(5,6)7/h15-18,23-24,27,31-32H,19-22,25-26,40H2,1-14H3;(H,5,6,7). The Morgan fingerprint density at radius 2 is 1.40 bits per heavy atom. The van der Waals surface area contributed by atoms with Crippen molar-refractivity contribution in [2.45, 2.75) is 149 Å². The van der Waals surface area contributed by atoms with Crippen molar-refractivity contribution in [3.05, 3.63) is 36.7 Å². The molecule has 3 rings (SSSR count). The Bertz CT molecular complexity index is 1910. The van der Waals surface area contributed by atoms with Crippen LogP contribution in [0.3, 0.4) is 0 Å². The van der Waals surface area contributed by atoms with E-state index in [9.17, 15) is 27.6 Å². The second-order valence-corrected chi connectivity index (χ2v) is 25.6. The van der Waals surface area contributed by atoms with Gasteiger partial charge in [-0.05, 0) is 98.1 Å². The second-order valence-electron chi connectivity index (χ2n) is 19.5. The molecule has 0 aliphatic carbocycles. The number of nitrogens with one attached hydrogen (secondary N) is 1. The maximum atomic E-state index is 12.7. The number of esters is 1. The first kappa shape index (κ1) is 54.2. The molecule has 354 valence electrons. The monoisotopic (exact) mass is 925 g/mol. The van der Waals surface area contributed by atoms with Gasteiger partial charge in [-0.25, -0.2) is 28.7 Å². The molecule has 2 atom stereocenters. The largest absolute Gasteiger partial charge is 0.741 e. The smallest absolute Gasteiger partial charge is 0.485 e. The molecule has 2 unspecified atom stereocenters. The Kier molecular flexibility index (Phi) is 18.1. The molecule has 0 spiro atoms. The first-order valence-corrected chi connectivity index (χ1v) is 24.3. The van der Waals surface area contributed by atoms with Gasteiger partial charge in [0.25, 0.3) is 0 Å². The van der Waals surface area contributed by atoms with Crippen LogP contribution < -0.4 is 20.6 Å². The number of alkyl halides is 3. The van der Waals surface area contributed by atoms with Crippen LogP contribution in [0.15, 0.2) is 36.7 Å². The van der Waals surface area contributed by atoms with E-state index in [0.717, 1.165) is 11.1 Å². The fourth-order valence-corrected chi connectivity index (χ4v) is 6.64. The number of likely N-dealkylation sites (tertiary alicyclic amines) is 1. The second kappa shape index (κ2) is 20.7. The molecule has 22 heteroatoms. The lowest BCUT2D eigenvalue weighted by Crippen LogP contribution is -2.57. The Labute approximate surface area is 364 Å². The molecule has 1 saturated heterocycles. The molecule has 2 aromatic rings. The van der Waals surface area contributed by atoms with E-state index in [1.165, 1.54) is 0 Å². The highest BCUT2D eigenvalue weighted by Gasteiger charge is 2.41. The summed E-state index contributed by atoms with van der Waals surface area (Å²) in [6, 6.07) is 7.51. The molecule has 1 aliphatic rings. The van der Waals surface area contributed by atoms with Crippen LogP contribution in [0, 0.1) is 5.92 Å². The van der Waals surface area contributed by atoms with Crippen LogP contribution in [-0.2, 0) is 51.5 Å². The van der Waals surface area contributed by atoms with E-state index in [2.05, 4.69) is 60.9 Å². The van der Waals surface area contributed by atoms with E-state index in [-0.39, 0.29) is 36.3 Å². The van der Waals surface area contributed by atoms with Gasteiger partial charge < -0.3 is 38.1 Å². The summed E-state index contributed by atoms with van der Waals surface area (Å²) >= 11 is 0. The summed E-state index contributed by atoms with van der Waals surface area (Å²) in [5, 5.41) is 2.88.